The molecule has 0 bridgehead atoms. The van der Waals surface area contributed by atoms with Gasteiger partial charge in [-0.1, -0.05) is 0 Å². The molecule has 5 nitrogen and oxygen atoms in total. The van der Waals surface area contributed by atoms with Gasteiger partial charge < -0.3 is 19.5 Å². The van der Waals surface area contributed by atoms with E-state index < -0.39 is 5.97 Å². The summed E-state index contributed by atoms with van der Waals surface area (Å²) >= 11 is 1.14. The lowest BCUT2D eigenvalue weighted by Crippen LogP contribution is -3.12. The van der Waals surface area contributed by atoms with E-state index in [9.17, 15) is 9.90 Å². The van der Waals surface area contributed by atoms with E-state index in [1.165, 1.54) is 0 Å². The molecule has 0 unspecified atom stereocenters. The molecule has 6 heteroatoms. The van der Waals surface area contributed by atoms with Crippen LogP contribution in [0.25, 0.3) is 0 Å². The minimum absolute atomic E-state index is 0.179. The van der Waals surface area contributed by atoms with Crippen molar-refractivity contribution in [3.8, 4) is 5.75 Å². The summed E-state index contributed by atoms with van der Waals surface area (Å²) in [5.74, 6) is -0.733. The van der Waals surface area contributed by atoms with Gasteiger partial charge in [0.2, 0.25) is 0 Å². The Morgan fingerprint density at radius 2 is 2.28 bits per heavy atom. The Hall–Kier alpha value is -1.11. The van der Waals surface area contributed by atoms with Gasteiger partial charge in [0.1, 0.15) is 12.4 Å². The van der Waals surface area contributed by atoms with Crippen molar-refractivity contribution in [2.45, 2.75) is 0 Å². The maximum absolute atomic E-state index is 10.8. The third kappa shape index (κ3) is 3.44. The van der Waals surface area contributed by atoms with E-state index in [1.54, 1.807) is 16.3 Å². The van der Waals surface area contributed by atoms with Gasteiger partial charge in [0.05, 0.1) is 31.0 Å². The number of thiophene rings is 1. The number of carboxylic acid groups (broad SMARTS) is 1. The van der Waals surface area contributed by atoms with E-state index >= 15 is 0 Å². The molecule has 100 valence electrons. The number of rotatable bonds is 5. The van der Waals surface area contributed by atoms with Crippen LogP contribution in [0.2, 0.25) is 0 Å². The van der Waals surface area contributed by atoms with Crippen LogP contribution in [0, 0.1) is 0 Å². The molecule has 0 spiro atoms. The normalized spacial score (nSPS) is 17.8. The van der Waals surface area contributed by atoms with E-state index in [0.717, 1.165) is 44.1 Å². The molecule has 1 aromatic rings. The highest BCUT2D eigenvalue weighted by Crippen LogP contribution is 2.23. The third-order valence-corrected chi connectivity index (χ3v) is 4.06. The number of ether oxygens (including phenoxy) is 1. The second-order valence-corrected chi connectivity index (χ2v) is 5.46. The van der Waals surface area contributed by atoms with Crippen molar-refractivity contribution in [1.82, 2.24) is 4.90 Å². The minimum Gasteiger partial charge on any atom is -0.544 e. The van der Waals surface area contributed by atoms with Crippen LogP contribution < -0.4 is 14.7 Å². The van der Waals surface area contributed by atoms with E-state index in [4.69, 9.17) is 4.74 Å². The summed E-state index contributed by atoms with van der Waals surface area (Å²) in [5, 5.41) is 12.5. The predicted molar refractivity (Wildman–Crippen MR) is 67.2 cm³/mol. The van der Waals surface area contributed by atoms with Gasteiger partial charge in [0.25, 0.3) is 0 Å². The first-order chi connectivity index (χ1) is 8.66. The summed E-state index contributed by atoms with van der Waals surface area (Å²) in [6.07, 6.45) is 0. The largest absolute Gasteiger partial charge is 0.544 e. The minimum atomic E-state index is -1.16. The van der Waals surface area contributed by atoms with Gasteiger partial charge in [-0.15, -0.1) is 11.3 Å². The van der Waals surface area contributed by atoms with Crippen molar-refractivity contribution >= 4 is 17.3 Å². The molecule has 1 aromatic heterocycles. The van der Waals surface area contributed by atoms with Crippen molar-refractivity contribution in [1.29, 1.82) is 0 Å². The highest BCUT2D eigenvalue weighted by atomic mass is 32.1. The van der Waals surface area contributed by atoms with E-state index in [1.807, 2.05) is 0 Å². The number of piperazine rings is 1. The zero-order chi connectivity index (χ0) is 13.0. The Bertz CT molecular complexity index is 400. The second-order valence-electron chi connectivity index (χ2n) is 4.55. The molecule has 2 heterocycles. The Balaban J connectivity index is 1.75. The number of nitrogens with one attached hydrogen (secondary N) is 1. The van der Waals surface area contributed by atoms with Crippen molar-refractivity contribution in [2.75, 3.05) is 46.4 Å². The highest BCUT2D eigenvalue weighted by Gasteiger charge is 2.16. The van der Waals surface area contributed by atoms with Crippen molar-refractivity contribution < 1.29 is 19.5 Å². The van der Waals surface area contributed by atoms with Crippen LogP contribution in [0.15, 0.2) is 11.4 Å². The molecule has 0 atom stereocenters. The van der Waals surface area contributed by atoms with Crippen molar-refractivity contribution in [3.63, 3.8) is 0 Å². The number of carbonyl (C=O) groups is 1. The Kier molecular flexibility index (Phi) is 4.57. The molecule has 0 saturated carbocycles. The lowest BCUT2D eigenvalue weighted by molar-refractivity contribution is -0.884. The third-order valence-electron chi connectivity index (χ3n) is 3.19. The lowest BCUT2D eigenvalue weighted by atomic mass is 10.3. The molecule has 1 N–H and O–H groups in total. The Labute approximate surface area is 111 Å². The van der Waals surface area contributed by atoms with Crippen molar-refractivity contribution in [2.24, 2.45) is 0 Å². The van der Waals surface area contributed by atoms with Crippen LogP contribution in [-0.2, 0) is 0 Å². The number of carbonyl (C=O) groups excluding carboxylic acids is 1. The van der Waals surface area contributed by atoms with Crippen LogP contribution in [-0.4, -0.2) is 57.2 Å². The standard InChI is InChI=1S/C12H18N2O3S/c1-13-3-5-14(6-4-13)7-8-17-10-2-9-18-11(10)12(15)16/h2,9H,3-8H2,1H3,(H,15,16). The molecule has 0 radical (unpaired) electrons. The molecular weight excluding hydrogens is 252 g/mol. The number of nitrogens with zero attached hydrogens (tertiary/aromatic N) is 1. The maximum atomic E-state index is 10.8. The topological polar surface area (TPSA) is 57.0 Å². The number of hydrogen-bond acceptors (Lipinski definition) is 5. The van der Waals surface area contributed by atoms with Crippen LogP contribution in [0.3, 0.4) is 0 Å². The number of carboxylic acids is 1. The van der Waals surface area contributed by atoms with Crippen LogP contribution in [0.5, 0.6) is 5.75 Å². The number of hydrogen-bond donors (Lipinski definition) is 1. The summed E-state index contributed by atoms with van der Waals surface area (Å²) in [6.45, 7) is 5.83. The first-order valence-electron chi connectivity index (χ1n) is 6.12. The SMILES string of the molecule is C[NH+]1CCN(CCOc2ccsc2C(=O)[O-])CC1. The van der Waals surface area contributed by atoms with Crippen LogP contribution in [0.4, 0.5) is 0 Å². The zero-order valence-corrected chi connectivity index (χ0v) is 11.3. The number of aromatic carboxylic acids is 1. The van der Waals surface area contributed by atoms with Crippen LogP contribution >= 0.6 is 11.3 Å². The predicted octanol–water partition coefficient (Wildman–Crippen LogP) is -1.68. The highest BCUT2D eigenvalue weighted by molar-refractivity contribution is 7.12. The first-order valence-corrected chi connectivity index (χ1v) is 7.00. The van der Waals surface area contributed by atoms with Gasteiger partial charge in [-0.2, -0.15) is 0 Å². The molecule has 0 aromatic carbocycles. The summed E-state index contributed by atoms with van der Waals surface area (Å²) in [6, 6.07) is 1.68. The molecule has 1 fully saturated rings. The van der Waals surface area contributed by atoms with Gasteiger partial charge in [-0.25, -0.2) is 0 Å². The fourth-order valence-electron chi connectivity index (χ4n) is 2.00. The summed E-state index contributed by atoms with van der Waals surface area (Å²) in [4.78, 5) is 14.9. The average molecular weight is 270 g/mol. The first kappa shape index (κ1) is 13.3. The van der Waals surface area contributed by atoms with Crippen molar-refractivity contribution in [3.05, 3.63) is 16.3 Å². The molecule has 2 rings (SSSR count). The molecule has 1 aliphatic rings. The zero-order valence-electron chi connectivity index (χ0n) is 10.5. The summed E-state index contributed by atoms with van der Waals surface area (Å²) in [7, 11) is 2.20. The quantitative estimate of drug-likeness (QED) is 0.694. The van der Waals surface area contributed by atoms with Gasteiger partial charge >= 0.3 is 0 Å². The fourth-order valence-corrected chi connectivity index (χ4v) is 2.67. The lowest BCUT2D eigenvalue weighted by Gasteiger charge is -2.29. The van der Waals surface area contributed by atoms with E-state index in [0.29, 0.717) is 12.4 Å². The Morgan fingerprint density at radius 3 is 2.94 bits per heavy atom. The smallest absolute Gasteiger partial charge is 0.139 e. The molecule has 1 saturated heterocycles. The Morgan fingerprint density at radius 1 is 1.56 bits per heavy atom. The summed E-state index contributed by atoms with van der Waals surface area (Å²) < 4.78 is 5.51. The molecule has 0 aliphatic carbocycles. The average Bonchev–Trinajstić information content (AvgIpc) is 2.80. The number of quaternary nitrogens is 1. The van der Waals surface area contributed by atoms with Gasteiger partial charge in [0.15, 0.2) is 0 Å². The van der Waals surface area contributed by atoms with E-state index in [2.05, 4.69) is 11.9 Å². The van der Waals surface area contributed by atoms with E-state index in [-0.39, 0.29) is 4.88 Å². The molecule has 18 heavy (non-hydrogen) atoms. The second kappa shape index (κ2) is 6.17. The van der Waals surface area contributed by atoms with Gasteiger partial charge in [-0.3, -0.25) is 4.90 Å². The molecular formula is C12H18N2O3S. The van der Waals surface area contributed by atoms with Gasteiger partial charge in [-0.05, 0) is 11.4 Å². The molecule has 0 amide bonds. The monoisotopic (exact) mass is 270 g/mol. The van der Waals surface area contributed by atoms with Crippen LogP contribution in [0.1, 0.15) is 9.67 Å². The number of likely N-dealkylation sites (N-methyl/N-ethyl adjacent to an activating group) is 1. The van der Waals surface area contributed by atoms with Gasteiger partial charge in [0, 0.05) is 19.6 Å². The molecule has 1 aliphatic heterocycles. The summed E-state index contributed by atoms with van der Waals surface area (Å²) in [5.41, 5.74) is 0. The maximum Gasteiger partial charge on any atom is 0.139 e. The fraction of sp³-hybridized carbons (Fsp3) is 0.583.